The maximum Gasteiger partial charge on any atom is 0.262 e. The van der Waals surface area contributed by atoms with Gasteiger partial charge in [-0.15, -0.1) is 0 Å². The number of carbonyl (C=O) groups excluding carboxylic acids is 1. The van der Waals surface area contributed by atoms with Crippen LogP contribution in [0.3, 0.4) is 0 Å². The Morgan fingerprint density at radius 2 is 2.00 bits per heavy atom. The molecule has 0 aliphatic heterocycles. The summed E-state index contributed by atoms with van der Waals surface area (Å²) < 4.78 is 22.2. The van der Waals surface area contributed by atoms with E-state index in [-0.39, 0.29) is 0 Å². The maximum atomic E-state index is 11.2. The molecule has 0 saturated heterocycles. The van der Waals surface area contributed by atoms with Crippen molar-refractivity contribution in [2.75, 3.05) is 5.33 Å². The van der Waals surface area contributed by atoms with E-state index in [1.165, 1.54) is 0 Å². The first-order chi connectivity index (χ1) is 7.13. The number of amides is 1. The van der Waals surface area contributed by atoms with Crippen molar-refractivity contribution in [3.63, 3.8) is 0 Å². The van der Waals surface area contributed by atoms with Gasteiger partial charge in [0.15, 0.2) is 0 Å². The molecular weight excluding hydrogens is 282 g/mol. The second kappa shape index (κ2) is 5.99. The molecule has 0 spiro atoms. The van der Waals surface area contributed by atoms with E-state index < -0.39 is 17.2 Å². The lowest BCUT2D eigenvalue weighted by molar-refractivity contribution is 0.0980. The first kappa shape index (κ1) is 12.4. The minimum absolute atomic E-state index is 0.331. The molecule has 1 atom stereocenters. The fraction of sp³-hybridized carbons (Fsp3) is 0.222. The van der Waals surface area contributed by atoms with Gasteiger partial charge in [0, 0.05) is 22.2 Å². The first-order valence-corrected chi connectivity index (χ1v) is 6.38. The molecule has 1 rings (SSSR count). The standard InChI is InChI=1S/C9H10BrNO3S/c10-6-5-7-1-3-8(4-2-7)9(12)11-15(13)14/h1-4H,5-6H2,(H,11,12)(H,13,14)/p-1. The fourth-order valence-electron chi connectivity index (χ4n) is 1.07. The number of carbonyl (C=O) groups is 1. The Kier molecular flexibility index (Phi) is 4.93. The molecule has 1 N–H and O–H groups in total. The van der Waals surface area contributed by atoms with E-state index in [2.05, 4.69) is 15.9 Å². The molecule has 1 aromatic rings. The molecule has 15 heavy (non-hydrogen) atoms. The lowest BCUT2D eigenvalue weighted by Crippen LogP contribution is -2.25. The van der Waals surface area contributed by atoms with Crippen molar-refractivity contribution in [2.45, 2.75) is 6.42 Å². The zero-order valence-corrected chi connectivity index (χ0v) is 10.1. The largest absolute Gasteiger partial charge is 0.755 e. The normalized spacial score (nSPS) is 12.1. The van der Waals surface area contributed by atoms with Crippen molar-refractivity contribution < 1.29 is 13.6 Å². The Balaban J connectivity index is 2.71. The number of hydrogen-bond acceptors (Lipinski definition) is 3. The van der Waals surface area contributed by atoms with Crippen LogP contribution in [0, 0.1) is 0 Å². The first-order valence-electron chi connectivity index (χ1n) is 4.18. The van der Waals surface area contributed by atoms with Crippen molar-refractivity contribution in [1.82, 2.24) is 4.72 Å². The highest BCUT2D eigenvalue weighted by molar-refractivity contribution is 9.09. The van der Waals surface area contributed by atoms with Crippen LogP contribution < -0.4 is 4.72 Å². The number of benzene rings is 1. The van der Waals surface area contributed by atoms with Gasteiger partial charge in [-0.25, -0.2) is 0 Å². The SMILES string of the molecule is O=C(NS(=O)[O-])c1ccc(CCBr)cc1. The van der Waals surface area contributed by atoms with Crippen molar-refractivity contribution >= 4 is 33.1 Å². The molecule has 0 aliphatic carbocycles. The van der Waals surface area contributed by atoms with Gasteiger partial charge in [0.2, 0.25) is 0 Å². The number of rotatable bonds is 4. The molecular formula is C9H9BrNO3S-. The highest BCUT2D eigenvalue weighted by Crippen LogP contribution is 2.06. The second-order valence-electron chi connectivity index (χ2n) is 2.80. The molecule has 1 aromatic carbocycles. The van der Waals surface area contributed by atoms with Crippen LogP contribution in [-0.2, 0) is 17.7 Å². The van der Waals surface area contributed by atoms with E-state index in [0.29, 0.717) is 5.56 Å². The molecule has 0 saturated carbocycles. The zero-order valence-electron chi connectivity index (χ0n) is 7.73. The second-order valence-corrected chi connectivity index (χ2v) is 4.27. The van der Waals surface area contributed by atoms with Crippen molar-refractivity contribution in [3.8, 4) is 0 Å². The number of nitrogens with one attached hydrogen (secondary N) is 1. The highest BCUT2D eigenvalue weighted by Gasteiger charge is 2.04. The summed E-state index contributed by atoms with van der Waals surface area (Å²) in [6, 6.07) is 6.79. The third kappa shape index (κ3) is 4.11. The summed E-state index contributed by atoms with van der Waals surface area (Å²) in [4.78, 5) is 11.2. The average Bonchev–Trinajstić information content (AvgIpc) is 2.18. The van der Waals surface area contributed by atoms with Crippen LogP contribution in [0.2, 0.25) is 0 Å². The third-order valence-corrected chi connectivity index (χ3v) is 2.52. The van der Waals surface area contributed by atoms with Crippen LogP contribution in [-0.4, -0.2) is 20.0 Å². The van der Waals surface area contributed by atoms with Gasteiger partial charge >= 0.3 is 0 Å². The fourth-order valence-corrected chi connectivity index (χ4v) is 1.79. The molecule has 0 aliphatic rings. The minimum Gasteiger partial charge on any atom is -0.755 e. The van der Waals surface area contributed by atoms with Crippen LogP contribution >= 0.6 is 15.9 Å². The van der Waals surface area contributed by atoms with Gasteiger partial charge in [0.1, 0.15) is 0 Å². The smallest absolute Gasteiger partial charge is 0.262 e. The number of alkyl halides is 1. The molecule has 1 amide bonds. The Hall–Kier alpha value is -0.720. The quantitative estimate of drug-likeness (QED) is 0.668. The lowest BCUT2D eigenvalue weighted by atomic mass is 10.1. The summed E-state index contributed by atoms with van der Waals surface area (Å²) in [5.74, 6) is -0.617. The Labute approximate surface area is 98.6 Å². The highest BCUT2D eigenvalue weighted by atomic mass is 79.9. The summed E-state index contributed by atoms with van der Waals surface area (Å²) in [6.07, 6.45) is 0.870. The Morgan fingerprint density at radius 3 is 2.47 bits per heavy atom. The zero-order chi connectivity index (χ0) is 11.3. The van der Waals surface area contributed by atoms with Gasteiger partial charge < -0.3 is 4.55 Å². The number of aryl methyl sites for hydroxylation is 1. The molecule has 0 heterocycles. The van der Waals surface area contributed by atoms with Crippen LogP contribution in [0.1, 0.15) is 15.9 Å². The molecule has 0 radical (unpaired) electrons. The van der Waals surface area contributed by atoms with E-state index >= 15 is 0 Å². The molecule has 1 unspecified atom stereocenters. The summed E-state index contributed by atoms with van der Waals surface area (Å²) in [6.45, 7) is 0. The third-order valence-electron chi connectivity index (χ3n) is 1.78. The van der Waals surface area contributed by atoms with Crippen LogP contribution in [0.5, 0.6) is 0 Å². The van der Waals surface area contributed by atoms with E-state index in [1.54, 1.807) is 29.0 Å². The van der Waals surface area contributed by atoms with E-state index in [0.717, 1.165) is 17.3 Å². The van der Waals surface area contributed by atoms with Gasteiger partial charge in [-0.1, -0.05) is 28.1 Å². The predicted molar refractivity (Wildman–Crippen MR) is 60.3 cm³/mol. The number of halogens is 1. The maximum absolute atomic E-state index is 11.2. The summed E-state index contributed by atoms with van der Waals surface area (Å²) >= 11 is 0.744. The predicted octanol–water partition coefficient (Wildman–Crippen LogP) is 1.15. The summed E-state index contributed by atoms with van der Waals surface area (Å²) in [5.41, 5.74) is 1.42. The van der Waals surface area contributed by atoms with Gasteiger partial charge in [-0.2, -0.15) is 0 Å². The van der Waals surface area contributed by atoms with Crippen molar-refractivity contribution in [2.24, 2.45) is 0 Å². The molecule has 82 valence electrons. The molecule has 0 aromatic heterocycles. The van der Waals surface area contributed by atoms with Gasteiger partial charge in [0.05, 0.1) is 0 Å². The molecule has 0 bridgehead atoms. The van der Waals surface area contributed by atoms with Crippen LogP contribution in [0.15, 0.2) is 24.3 Å². The van der Waals surface area contributed by atoms with Crippen molar-refractivity contribution in [3.05, 3.63) is 35.4 Å². The van der Waals surface area contributed by atoms with Gasteiger partial charge in [-0.3, -0.25) is 13.7 Å². The number of hydrogen-bond donors (Lipinski definition) is 1. The van der Waals surface area contributed by atoms with E-state index in [4.69, 9.17) is 0 Å². The topological polar surface area (TPSA) is 69.2 Å². The molecule has 4 nitrogen and oxygen atoms in total. The van der Waals surface area contributed by atoms with Crippen LogP contribution in [0.4, 0.5) is 0 Å². The van der Waals surface area contributed by atoms with Gasteiger partial charge in [-0.05, 0) is 24.1 Å². The minimum atomic E-state index is -2.56. The summed E-state index contributed by atoms with van der Waals surface area (Å²) in [5, 5.41) is 0.850. The van der Waals surface area contributed by atoms with Crippen LogP contribution in [0.25, 0.3) is 0 Å². The van der Waals surface area contributed by atoms with E-state index in [1.807, 2.05) is 0 Å². The average molecular weight is 291 g/mol. The molecule has 6 heteroatoms. The Morgan fingerprint density at radius 1 is 1.40 bits per heavy atom. The Bertz CT molecular complexity index is 366. The van der Waals surface area contributed by atoms with Gasteiger partial charge in [0.25, 0.3) is 5.91 Å². The molecule has 0 fully saturated rings. The van der Waals surface area contributed by atoms with Crippen molar-refractivity contribution in [1.29, 1.82) is 0 Å². The van der Waals surface area contributed by atoms with E-state index in [9.17, 15) is 13.6 Å². The lowest BCUT2D eigenvalue weighted by Gasteiger charge is -2.07. The summed E-state index contributed by atoms with van der Waals surface area (Å²) in [7, 11) is 0. The monoisotopic (exact) mass is 290 g/mol.